The number of aliphatic hydroxyl groups is 1. The molecule has 160 valence electrons. The Balaban J connectivity index is 0.000000158. The fourth-order valence-electron chi connectivity index (χ4n) is 3.80. The number of aliphatic hydroxyl groups excluding tert-OH is 1. The summed E-state index contributed by atoms with van der Waals surface area (Å²) < 4.78 is 18.8. The van der Waals surface area contributed by atoms with Gasteiger partial charge in [0.25, 0.3) is 0 Å². The molecule has 0 fully saturated rings. The Morgan fingerprint density at radius 3 is 2.74 bits per heavy atom. The minimum Gasteiger partial charge on any atom is -0.492 e. The van der Waals surface area contributed by atoms with Crippen LogP contribution in [0.3, 0.4) is 0 Å². The van der Waals surface area contributed by atoms with E-state index in [4.69, 9.17) is 15.0 Å². The fraction of sp³-hybridized carbons (Fsp3) is 0.200. The summed E-state index contributed by atoms with van der Waals surface area (Å²) in [6.07, 6.45) is 4.69. The zero-order valence-electron chi connectivity index (χ0n) is 17.1. The molecule has 4 N–H and O–H groups in total. The molecule has 1 aliphatic rings. The van der Waals surface area contributed by atoms with E-state index in [1.54, 1.807) is 6.07 Å². The summed E-state index contributed by atoms with van der Waals surface area (Å²) >= 11 is 1.17. The van der Waals surface area contributed by atoms with E-state index in [0.29, 0.717) is 6.61 Å². The van der Waals surface area contributed by atoms with Crippen LogP contribution in [0.4, 0.5) is 4.39 Å². The number of hydrogen-bond donors (Lipinski definition) is 3. The SMILES string of the molecule is NSc1cc(-c2cccc(F)c2)cc2c1OCC2.OCCCc1c[nH]c2ccccc12. The largest absolute Gasteiger partial charge is 0.492 e. The van der Waals surface area contributed by atoms with Crippen molar-refractivity contribution in [1.29, 1.82) is 0 Å². The van der Waals surface area contributed by atoms with Crippen LogP contribution in [0, 0.1) is 5.82 Å². The molecule has 4 aromatic rings. The molecule has 0 unspecified atom stereocenters. The summed E-state index contributed by atoms with van der Waals surface area (Å²) in [6.45, 7) is 0.953. The lowest BCUT2D eigenvalue weighted by Gasteiger charge is -2.09. The van der Waals surface area contributed by atoms with Gasteiger partial charge in [0.2, 0.25) is 0 Å². The van der Waals surface area contributed by atoms with Gasteiger partial charge in [0.05, 0.1) is 11.5 Å². The number of nitrogens with two attached hydrogens (primary N) is 1. The van der Waals surface area contributed by atoms with E-state index < -0.39 is 0 Å². The molecule has 0 atom stereocenters. The number of hydrogen-bond acceptors (Lipinski definition) is 4. The van der Waals surface area contributed by atoms with Crippen molar-refractivity contribution < 1.29 is 14.2 Å². The Bertz CT molecular complexity index is 1180. The van der Waals surface area contributed by atoms with E-state index in [1.165, 1.54) is 40.5 Å². The van der Waals surface area contributed by atoms with E-state index >= 15 is 0 Å². The molecule has 3 aromatic carbocycles. The lowest BCUT2D eigenvalue weighted by Crippen LogP contribution is -1.90. The van der Waals surface area contributed by atoms with Gasteiger partial charge in [-0.05, 0) is 77.4 Å². The van der Waals surface area contributed by atoms with Crippen molar-refractivity contribution in [3.63, 3.8) is 0 Å². The highest BCUT2D eigenvalue weighted by Crippen LogP contribution is 2.38. The molecular weight excluding hydrogens is 411 g/mol. The number of aryl methyl sites for hydroxylation is 1. The van der Waals surface area contributed by atoms with Crippen LogP contribution in [0.2, 0.25) is 0 Å². The van der Waals surface area contributed by atoms with Crippen LogP contribution in [0.15, 0.2) is 71.8 Å². The molecule has 0 saturated carbocycles. The van der Waals surface area contributed by atoms with Gasteiger partial charge in [-0.1, -0.05) is 30.3 Å². The minimum atomic E-state index is -0.230. The molecule has 31 heavy (non-hydrogen) atoms. The number of fused-ring (bicyclic) bond motifs is 2. The van der Waals surface area contributed by atoms with Gasteiger partial charge in [-0.3, -0.25) is 5.14 Å². The molecule has 0 spiro atoms. The molecule has 0 bridgehead atoms. The van der Waals surface area contributed by atoms with Crippen molar-refractivity contribution in [2.24, 2.45) is 5.14 Å². The van der Waals surface area contributed by atoms with Gasteiger partial charge >= 0.3 is 0 Å². The van der Waals surface area contributed by atoms with Crippen molar-refractivity contribution >= 4 is 22.9 Å². The molecule has 1 aromatic heterocycles. The van der Waals surface area contributed by atoms with E-state index in [9.17, 15) is 4.39 Å². The van der Waals surface area contributed by atoms with Crippen LogP contribution < -0.4 is 9.88 Å². The van der Waals surface area contributed by atoms with Crippen molar-refractivity contribution in [3.05, 3.63) is 83.8 Å². The lowest BCUT2D eigenvalue weighted by atomic mass is 10.0. The van der Waals surface area contributed by atoms with Gasteiger partial charge in [0.1, 0.15) is 11.6 Å². The van der Waals surface area contributed by atoms with Gasteiger partial charge in [-0.25, -0.2) is 4.39 Å². The van der Waals surface area contributed by atoms with E-state index in [0.717, 1.165) is 46.6 Å². The number of aromatic amines is 1. The van der Waals surface area contributed by atoms with Crippen LogP contribution in [-0.2, 0) is 12.8 Å². The van der Waals surface area contributed by atoms with Crippen molar-refractivity contribution in [1.82, 2.24) is 4.98 Å². The highest BCUT2D eigenvalue weighted by molar-refractivity contribution is 7.97. The Hall–Kier alpha value is -2.80. The Morgan fingerprint density at radius 2 is 1.94 bits per heavy atom. The van der Waals surface area contributed by atoms with Crippen LogP contribution >= 0.6 is 11.9 Å². The molecule has 0 amide bonds. The first-order valence-electron chi connectivity index (χ1n) is 10.3. The maximum absolute atomic E-state index is 13.3. The third kappa shape index (κ3) is 4.93. The molecular formula is C25H25FN2O2S. The summed E-state index contributed by atoms with van der Waals surface area (Å²) in [7, 11) is 0. The van der Waals surface area contributed by atoms with Crippen LogP contribution in [0.5, 0.6) is 5.75 Å². The van der Waals surface area contributed by atoms with Crippen LogP contribution in [0.25, 0.3) is 22.0 Å². The number of rotatable bonds is 5. The van der Waals surface area contributed by atoms with E-state index in [2.05, 4.69) is 23.2 Å². The number of H-pyrrole nitrogens is 1. The van der Waals surface area contributed by atoms with Crippen LogP contribution in [-0.4, -0.2) is 23.3 Å². The predicted molar refractivity (Wildman–Crippen MR) is 125 cm³/mol. The number of ether oxygens (including phenoxy) is 1. The topological polar surface area (TPSA) is 71.3 Å². The number of aromatic nitrogens is 1. The van der Waals surface area contributed by atoms with E-state index in [1.807, 2.05) is 30.5 Å². The van der Waals surface area contributed by atoms with Crippen LogP contribution in [0.1, 0.15) is 17.5 Å². The number of nitrogens with one attached hydrogen (secondary N) is 1. The molecule has 6 heteroatoms. The number of halogens is 1. The predicted octanol–water partition coefficient (Wildman–Crippen LogP) is 5.49. The maximum Gasteiger partial charge on any atom is 0.137 e. The Morgan fingerprint density at radius 1 is 1.06 bits per heavy atom. The summed E-state index contributed by atoms with van der Waals surface area (Å²) in [5.74, 6) is 0.647. The summed E-state index contributed by atoms with van der Waals surface area (Å²) in [6, 6.07) is 18.8. The normalized spacial score (nSPS) is 12.2. The first kappa shape index (κ1) is 21.4. The molecule has 0 saturated heterocycles. The van der Waals surface area contributed by atoms with Crippen molar-refractivity contribution in [2.45, 2.75) is 24.2 Å². The first-order chi connectivity index (χ1) is 15.2. The second kappa shape index (κ2) is 10.0. The average molecular weight is 437 g/mol. The molecule has 5 rings (SSSR count). The lowest BCUT2D eigenvalue weighted by molar-refractivity contribution is 0.289. The second-order valence-electron chi connectivity index (χ2n) is 7.38. The van der Waals surface area contributed by atoms with Crippen molar-refractivity contribution in [3.8, 4) is 16.9 Å². The van der Waals surface area contributed by atoms with Gasteiger partial charge in [-0.2, -0.15) is 0 Å². The van der Waals surface area contributed by atoms with Gasteiger partial charge in [0.15, 0.2) is 0 Å². The zero-order valence-corrected chi connectivity index (χ0v) is 17.9. The zero-order chi connectivity index (χ0) is 21.6. The Kier molecular flexibility index (Phi) is 6.92. The van der Waals surface area contributed by atoms with Gasteiger partial charge in [0, 0.05) is 30.1 Å². The number of para-hydroxylation sites is 1. The fourth-order valence-corrected chi connectivity index (χ4v) is 4.29. The third-order valence-corrected chi connectivity index (χ3v) is 5.87. The Labute approximate surface area is 185 Å². The highest BCUT2D eigenvalue weighted by atomic mass is 32.2. The minimum absolute atomic E-state index is 0.230. The smallest absolute Gasteiger partial charge is 0.137 e. The standard InChI is InChI=1S/C14H12FNOS.C11H13NO/c15-12-3-1-2-9(7-12)11-6-10-4-5-17-14(10)13(8-11)18-16;13-7-3-4-9-8-12-11-6-2-1-5-10(9)11/h1-3,6-8H,4-5,16H2;1-2,5-6,8,12-13H,3-4,7H2. The summed E-state index contributed by atoms with van der Waals surface area (Å²) in [4.78, 5) is 4.12. The van der Waals surface area contributed by atoms with Gasteiger partial charge in [-0.15, -0.1) is 0 Å². The first-order valence-corrected chi connectivity index (χ1v) is 11.2. The summed E-state index contributed by atoms with van der Waals surface area (Å²) in [5, 5.41) is 15.7. The maximum atomic E-state index is 13.3. The van der Waals surface area contributed by atoms with E-state index in [-0.39, 0.29) is 12.4 Å². The summed E-state index contributed by atoms with van der Waals surface area (Å²) in [5.41, 5.74) is 5.46. The average Bonchev–Trinajstić information content (AvgIpc) is 3.44. The quantitative estimate of drug-likeness (QED) is 0.362. The molecule has 0 radical (unpaired) electrons. The molecule has 1 aliphatic heterocycles. The monoisotopic (exact) mass is 436 g/mol. The molecule has 4 nitrogen and oxygen atoms in total. The number of benzene rings is 3. The van der Waals surface area contributed by atoms with Crippen molar-refractivity contribution in [2.75, 3.05) is 13.2 Å². The highest BCUT2D eigenvalue weighted by Gasteiger charge is 2.18. The molecule has 2 heterocycles. The third-order valence-electron chi connectivity index (χ3n) is 5.31. The second-order valence-corrected chi connectivity index (χ2v) is 8.05. The molecule has 0 aliphatic carbocycles. The van der Waals surface area contributed by atoms with Gasteiger partial charge < -0.3 is 14.8 Å².